The second-order valence-electron chi connectivity index (χ2n) is 6.15. The number of anilines is 2. The van der Waals surface area contributed by atoms with Crippen LogP contribution in [0.1, 0.15) is 0 Å². The molecule has 9 nitrogen and oxygen atoms in total. The summed E-state index contributed by atoms with van der Waals surface area (Å²) in [7, 11) is 0. The van der Waals surface area contributed by atoms with Crippen LogP contribution in [0.25, 0.3) is 4.96 Å². The molecule has 1 aromatic carbocycles. The van der Waals surface area contributed by atoms with Gasteiger partial charge in [0.05, 0.1) is 6.54 Å². The zero-order valence-corrected chi connectivity index (χ0v) is 15.3. The first-order valence-electron chi connectivity index (χ1n) is 8.55. The van der Waals surface area contributed by atoms with Gasteiger partial charge in [-0.1, -0.05) is 29.5 Å². The monoisotopic (exact) mass is 386 g/mol. The number of piperazine rings is 1. The van der Waals surface area contributed by atoms with Crippen molar-refractivity contribution in [1.29, 1.82) is 0 Å². The van der Waals surface area contributed by atoms with Crippen LogP contribution < -0.4 is 10.2 Å². The molecule has 1 saturated heterocycles. The van der Waals surface area contributed by atoms with Crippen LogP contribution in [0.4, 0.5) is 17.3 Å². The van der Waals surface area contributed by atoms with Crippen LogP contribution >= 0.6 is 11.3 Å². The molecule has 1 aliphatic heterocycles. The lowest BCUT2D eigenvalue weighted by Crippen LogP contribution is -2.50. The molecule has 0 unspecified atom stereocenters. The Morgan fingerprint density at radius 3 is 2.67 bits per heavy atom. The molecule has 1 amide bonds. The maximum atomic E-state index is 12.5. The minimum absolute atomic E-state index is 0.0169. The number of rotatable bonds is 5. The summed E-state index contributed by atoms with van der Waals surface area (Å²) in [4.78, 5) is 32.1. The summed E-state index contributed by atoms with van der Waals surface area (Å²) in [5.74, 6) is -0.107. The van der Waals surface area contributed by atoms with Crippen molar-refractivity contribution >= 4 is 39.5 Å². The number of para-hydroxylation sites is 1. The van der Waals surface area contributed by atoms with E-state index in [0.29, 0.717) is 18.1 Å². The number of benzene rings is 1. The Morgan fingerprint density at radius 1 is 1.22 bits per heavy atom. The number of nitrogens with one attached hydrogen (secondary N) is 1. The number of aromatic nitrogens is 2. The van der Waals surface area contributed by atoms with E-state index in [2.05, 4.69) is 27.3 Å². The molecule has 140 valence electrons. The van der Waals surface area contributed by atoms with Crippen LogP contribution in [-0.2, 0) is 4.79 Å². The second kappa shape index (κ2) is 7.23. The first-order chi connectivity index (χ1) is 13.1. The lowest BCUT2D eigenvalue weighted by atomic mass is 10.2. The Kier molecular flexibility index (Phi) is 4.63. The van der Waals surface area contributed by atoms with E-state index in [1.165, 1.54) is 15.7 Å². The summed E-state index contributed by atoms with van der Waals surface area (Å²) in [6.45, 7) is 2.74. The van der Waals surface area contributed by atoms with Crippen LogP contribution in [0.15, 0.2) is 41.9 Å². The zero-order chi connectivity index (χ0) is 18.8. The largest absolute Gasteiger partial charge is 0.372 e. The highest BCUT2D eigenvalue weighted by Crippen LogP contribution is 2.27. The molecule has 1 aliphatic rings. The van der Waals surface area contributed by atoms with E-state index < -0.39 is 4.92 Å². The van der Waals surface area contributed by atoms with E-state index in [4.69, 9.17) is 0 Å². The summed E-state index contributed by atoms with van der Waals surface area (Å²) >= 11 is 1.31. The molecule has 3 aromatic rings. The van der Waals surface area contributed by atoms with E-state index in [-0.39, 0.29) is 24.1 Å². The van der Waals surface area contributed by atoms with Crippen LogP contribution in [0.3, 0.4) is 0 Å². The van der Waals surface area contributed by atoms with Crippen molar-refractivity contribution in [2.75, 3.05) is 42.9 Å². The van der Waals surface area contributed by atoms with Gasteiger partial charge in [0.1, 0.15) is 6.20 Å². The van der Waals surface area contributed by atoms with Crippen molar-refractivity contribution < 1.29 is 9.72 Å². The Hall–Kier alpha value is -3.14. The lowest BCUT2D eigenvalue weighted by molar-refractivity contribution is -0.389. The van der Waals surface area contributed by atoms with Crippen molar-refractivity contribution in [2.24, 2.45) is 0 Å². The molecule has 27 heavy (non-hydrogen) atoms. The summed E-state index contributed by atoms with van der Waals surface area (Å²) in [6.07, 6.45) is 1.60. The topological polar surface area (TPSA) is 96.0 Å². The number of fused-ring (bicyclic) bond motifs is 1. The molecule has 0 radical (unpaired) electrons. The SMILES string of the molecule is O=C(CNc1nc2sccn2c1[N+](=O)[O-])N1CCN(c2ccccc2)CC1. The average Bonchev–Trinajstić information content (AvgIpc) is 3.27. The van der Waals surface area contributed by atoms with Gasteiger partial charge < -0.3 is 25.2 Å². The maximum Gasteiger partial charge on any atom is 0.372 e. The molecule has 0 spiro atoms. The highest BCUT2D eigenvalue weighted by Gasteiger charge is 2.26. The third-order valence-electron chi connectivity index (χ3n) is 4.57. The predicted molar refractivity (Wildman–Crippen MR) is 103 cm³/mol. The summed E-state index contributed by atoms with van der Waals surface area (Å²) < 4.78 is 1.41. The number of imidazole rings is 1. The fourth-order valence-electron chi connectivity index (χ4n) is 3.19. The minimum atomic E-state index is -0.488. The number of carbonyl (C=O) groups is 1. The van der Waals surface area contributed by atoms with Crippen LogP contribution in [0, 0.1) is 10.1 Å². The molecule has 0 saturated carbocycles. The van der Waals surface area contributed by atoms with Gasteiger partial charge in [-0.05, 0) is 17.1 Å². The Morgan fingerprint density at radius 2 is 1.96 bits per heavy atom. The highest BCUT2D eigenvalue weighted by atomic mass is 32.1. The minimum Gasteiger partial charge on any atom is -0.368 e. The van der Waals surface area contributed by atoms with Gasteiger partial charge in [0.25, 0.3) is 4.96 Å². The van der Waals surface area contributed by atoms with E-state index in [1.54, 1.807) is 16.5 Å². The van der Waals surface area contributed by atoms with Gasteiger partial charge >= 0.3 is 5.82 Å². The summed E-state index contributed by atoms with van der Waals surface area (Å²) in [5.41, 5.74) is 1.15. The quantitative estimate of drug-likeness (QED) is 0.533. The predicted octanol–water partition coefficient (Wildman–Crippen LogP) is 2.06. The molecule has 4 rings (SSSR count). The second-order valence-corrected chi connectivity index (χ2v) is 7.03. The summed E-state index contributed by atoms with van der Waals surface area (Å²) in [5, 5.41) is 15.9. The normalized spacial score (nSPS) is 14.5. The number of nitro groups is 1. The fourth-order valence-corrected chi connectivity index (χ4v) is 3.90. The number of carbonyl (C=O) groups excluding carboxylic acids is 1. The number of nitrogens with zero attached hydrogens (tertiary/aromatic N) is 5. The van der Waals surface area contributed by atoms with Crippen molar-refractivity contribution in [3.8, 4) is 0 Å². The van der Waals surface area contributed by atoms with Crippen LogP contribution in [-0.4, -0.2) is 57.8 Å². The maximum absolute atomic E-state index is 12.5. The number of hydrogen-bond donors (Lipinski definition) is 1. The number of hydrogen-bond acceptors (Lipinski definition) is 7. The Labute approximate surface area is 159 Å². The van der Waals surface area contributed by atoms with Crippen molar-refractivity contribution in [3.05, 3.63) is 52.0 Å². The van der Waals surface area contributed by atoms with Gasteiger partial charge in [0.15, 0.2) is 0 Å². The van der Waals surface area contributed by atoms with E-state index in [0.717, 1.165) is 18.8 Å². The van der Waals surface area contributed by atoms with Gasteiger partial charge in [-0.25, -0.2) is 0 Å². The average molecular weight is 386 g/mol. The molecule has 0 atom stereocenters. The molecular weight excluding hydrogens is 368 g/mol. The summed E-state index contributed by atoms with van der Waals surface area (Å²) in [6, 6.07) is 10.1. The van der Waals surface area contributed by atoms with Gasteiger partial charge in [-0.2, -0.15) is 9.38 Å². The smallest absolute Gasteiger partial charge is 0.368 e. The molecule has 1 N–H and O–H groups in total. The Bertz CT molecular complexity index is 962. The number of thiazole rings is 1. The van der Waals surface area contributed by atoms with E-state index in [1.807, 2.05) is 18.2 Å². The number of amides is 1. The van der Waals surface area contributed by atoms with Gasteiger partial charge in [0.2, 0.25) is 11.7 Å². The van der Waals surface area contributed by atoms with E-state index >= 15 is 0 Å². The third-order valence-corrected chi connectivity index (χ3v) is 5.33. The van der Waals surface area contributed by atoms with Gasteiger partial charge in [-0.15, -0.1) is 0 Å². The molecule has 2 aromatic heterocycles. The molecule has 0 aliphatic carbocycles. The van der Waals surface area contributed by atoms with E-state index in [9.17, 15) is 14.9 Å². The molecule has 0 bridgehead atoms. The molecule has 10 heteroatoms. The van der Waals surface area contributed by atoms with Crippen LogP contribution in [0.5, 0.6) is 0 Å². The zero-order valence-electron chi connectivity index (χ0n) is 14.4. The molecular formula is C17H18N6O3S. The van der Waals surface area contributed by atoms with Crippen molar-refractivity contribution in [1.82, 2.24) is 14.3 Å². The van der Waals surface area contributed by atoms with Crippen molar-refractivity contribution in [3.63, 3.8) is 0 Å². The highest BCUT2D eigenvalue weighted by molar-refractivity contribution is 7.15. The molecule has 3 heterocycles. The standard InChI is InChI=1S/C17H18N6O3S/c24-14(21-8-6-20(7-9-21)13-4-2-1-3-5-13)12-18-15-16(23(25)26)22-10-11-27-17(22)19-15/h1-5,10-11,18H,6-9,12H2. The first kappa shape index (κ1) is 17.3. The fraction of sp³-hybridized carbons (Fsp3) is 0.294. The molecule has 1 fully saturated rings. The van der Waals surface area contributed by atoms with Gasteiger partial charge in [0, 0.05) is 37.2 Å². The Balaban J connectivity index is 1.36. The van der Waals surface area contributed by atoms with Crippen LogP contribution in [0.2, 0.25) is 0 Å². The first-order valence-corrected chi connectivity index (χ1v) is 9.43. The van der Waals surface area contributed by atoms with Gasteiger partial charge in [-0.3, -0.25) is 4.79 Å². The lowest BCUT2D eigenvalue weighted by Gasteiger charge is -2.36. The van der Waals surface area contributed by atoms with Crippen molar-refractivity contribution in [2.45, 2.75) is 0 Å². The third kappa shape index (κ3) is 3.43.